The lowest BCUT2D eigenvalue weighted by molar-refractivity contribution is 0.201. The number of hydrogen-bond donors (Lipinski definition) is 0. The molecule has 1 aliphatic rings. The Hall–Kier alpha value is -4.81. The lowest BCUT2D eigenvalue weighted by Gasteiger charge is -2.40. The van der Waals surface area contributed by atoms with E-state index in [1.54, 1.807) is 42.7 Å². The number of halogens is 3. The van der Waals surface area contributed by atoms with Crippen LogP contribution in [0.3, 0.4) is 0 Å². The standard InChI is InChI=1S/C43H50N4O7.3ClH/c1-8-54-35-11-9-33(10-12-35)47(28-30-14-18-45-37(22-30)32-25-40(50-4)43(53-7)41(26-32)51-5)34-15-19-46(20-16-34)27-29-13-17-44-36(21-29)31-23-38(48-2)42(52-6)39(24-31)49-3;;;/h9-14,17-18,21-26,34H,8,15-16,19-20,27-28H2,1-7H3;3*1H. The normalized spacial score (nSPS) is 12.5. The van der Waals surface area contributed by atoms with Crippen molar-refractivity contribution in [2.24, 2.45) is 0 Å². The highest BCUT2D eigenvalue weighted by molar-refractivity contribution is 5.86. The molecule has 14 heteroatoms. The van der Waals surface area contributed by atoms with Crippen molar-refractivity contribution in [2.75, 3.05) is 67.3 Å². The van der Waals surface area contributed by atoms with Crippen LogP contribution in [-0.2, 0) is 13.1 Å². The van der Waals surface area contributed by atoms with Gasteiger partial charge in [0, 0.05) is 61.4 Å². The van der Waals surface area contributed by atoms with E-state index in [1.165, 1.54) is 5.56 Å². The number of piperidine rings is 1. The van der Waals surface area contributed by atoms with Crippen LogP contribution in [0.2, 0.25) is 0 Å². The summed E-state index contributed by atoms with van der Waals surface area (Å²) in [5, 5.41) is 0. The van der Waals surface area contributed by atoms with Crippen molar-refractivity contribution in [3.05, 3.63) is 96.3 Å². The van der Waals surface area contributed by atoms with E-state index >= 15 is 0 Å². The summed E-state index contributed by atoms with van der Waals surface area (Å²) in [5.41, 5.74) is 6.99. The minimum Gasteiger partial charge on any atom is -0.494 e. The third kappa shape index (κ3) is 11.0. The van der Waals surface area contributed by atoms with E-state index in [0.29, 0.717) is 47.1 Å². The summed E-state index contributed by atoms with van der Waals surface area (Å²) in [6.45, 7) is 6.12. The molecule has 0 bridgehead atoms. The number of benzene rings is 3. The van der Waals surface area contributed by atoms with Gasteiger partial charge in [0.05, 0.1) is 60.7 Å². The van der Waals surface area contributed by atoms with Crippen LogP contribution in [0.1, 0.15) is 30.9 Å². The smallest absolute Gasteiger partial charge is 0.203 e. The maximum absolute atomic E-state index is 5.78. The first-order valence-corrected chi connectivity index (χ1v) is 18.1. The summed E-state index contributed by atoms with van der Waals surface area (Å²) < 4.78 is 39.3. The molecule has 0 atom stereocenters. The van der Waals surface area contributed by atoms with Crippen molar-refractivity contribution in [1.82, 2.24) is 14.9 Å². The molecule has 0 saturated carbocycles. The first-order chi connectivity index (χ1) is 26.4. The highest BCUT2D eigenvalue weighted by Gasteiger charge is 2.26. The van der Waals surface area contributed by atoms with Crippen LogP contribution in [0.15, 0.2) is 85.2 Å². The average molecular weight is 844 g/mol. The average Bonchev–Trinajstić information content (AvgIpc) is 3.22. The third-order valence-corrected chi connectivity index (χ3v) is 9.81. The molecule has 0 amide bonds. The minimum absolute atomic E-state index is 0. The molecule has 6 rings (SSSR count). The maximum Gasteiger partial charge on any atom is 0.203 e. The van der Waals surface area contributed by atoms with E-state index in [9.17, 15) is 0 Å². The molecule has 3 heterocycles. The fraction of sp³-hybridized carbons (Fsp3) is 0.349. The molecule has 2 aromatic heterocycles. The number of pyridine rings is 2. The molecule has 0 radical (unpaired) electrons. The van der Waals surface area contributed by atoms with Gasteiger partial charge < -0.3 is 38.1 Å². The number of aromatic nitrogens is 2. The summed E-state index contributed by atoms with van der Waals surface area (Å²) in [5.74, 6) is 4.36. The Morgan fingerprint density at radius 1 is 0.596 bits per heavy atom. The fourth-order valence-corrected chi connectivity index (χ4v) is 7.09. The zero-order valence-electron chi connectivity index (χ0n) is 33.5. The van der Waals surface area contributed by atoms with E-state index in [-0.39, 0.29) is 37.2 Å². The molecule has 0 aliphatic carbocycles. The minimum atomic E-state index is 0. The van der Waals surface area contributed by atoms with Gasteiger partial charge in [-0.3, -0.25) is 14.9 Å². The van der Waals surface area contributed by atoms with Gasteiger partial charge in [0.2, 0.25) is 11.5 Å². The van der Waals surface area contributed by atoms with E-state index in [2.05, 4.69) is 63.3 Å². The predicted octanol–water partition coefficient (Wildman–Crippen LogP) is 9.20. The van der Waals surface area contributed by atoms with E-state index < -0.39 is 0 Å². The highest BCUT2D eigenvalue weighted by Crippen LogP contribution is 2.42. The summed E-state index contributed by atoms with van der Waals surface area (Å²) >= 11 is 0. The van der Waals surface area contributed by atoms with Crippen LogP contribution in [0.25, 0.3) is 22.5 Å². The summed E-state index contributed by atoms with van der Waals surface area (Å²) in [4.78, 5) is 14.5. The maximum atomic E-state index is 5.78. The molecule has 1 aliphatic heterocycles. The molecule has 0 spiro atoms. The molecule has 0 unspecified atom stereocenters. The van der Waals surface area contributed by atoms with Crippen LogP contribution in [0.4, 0.5) is 5.69 Å². The number of rotatable bonds is 16. The summed E-state index contributed by atoms with van der Waals surface area (Å²) in [6.07, 6.45) is 5.77. The molecule has 1 saturated heterocycles. The van der Waals surface area contributed by atoms with E-state index in [4.69, 9.17) is 38.1 Å². The summed E-state index contributed by atoms with van der Waals surface area (Å²) in [6, 6.07) is 25.0. The van der Waals surface area contributed by atoms with Crippen molar-refractivity contribution < 1.29 is 33.2 Å². The van der Waals surface area contributed by atoms with Crippen LogP contribution in [-0.4, -0.2) is 83.3 Å². The number of hydrogen-bond acceptors (Lipinski definition) is 11. The van der Waals surface area contributed by atoms with Crippen molar-refractivity contribution >= 4 is 42.9 Å². The molecular weight excluding hydrogens is 791 g/mol. The molecule has 57 heavy (non-hydrogen) atoms. The van der Waals surface area contributed by atoms with Gasteiger partial charge in [-0.25, -0.2) is 0 Å². The number of methoxy groups -OCH3 is 6. The van der Waals surface area contributed by atoms with Crippen molar-refractivity contribution in [3.63, 3.8) is 0 Å². The van der Waals surface area contributed by atoms with Crippen molar-refractivity contribution in [1.29, 1.82) is 0 Å². The van der Waals surface area contributed by atoms with Crippen molar-refractivity contribution in [3.8, 4) is 62.8 Å². The van der Waals surface area contributed by atoms with Gasteiger partial charge in [-0.2, -0.15) is 0 Å². The largest absolute Gasteiger partial charge is 0.494 e. The van der Waals surface area contributed by atoms with Gasteiger partial charge in [0.1, 0.15) is 5.75 Å². The zero-order chi connectivity index (χ0) is 38.0. The molecule has 308 valence electrons. The van der Waals surface area contributed by atoms with Gasteiger partial charge >= 0.3 is 0 Å². The monoisotopic (exact) mass is 842 g/mol. The predicted molar refractivity (Wildman–Crippen MR) is 232 cm³/mol. The SMILES string of the molecule is CCOc1ccc(N(Cc2ccnc(-c3cc(OC)c(OC)c(OC)c3)c2)C2CCN(Cc3ccnc(-c4cc(OC)c(OC)c(OC)c4)c3)CC2)cc1.Cl.Cl.Cl. The van der Waals surface area contributed by atoms with E-state index in [0.717, 1.165) is 78.5 Å². The molecule has 11 nitrogen and oxygen atoms in total. The van der Waals surface area contributed by atoms with Gasteiger partial charge in [-0.05, 0) is 104 Å². The van der Waals surface area contributed by atoms with Crippen molar-refractivity contribution in [2.45, 2.75) is 38.9 Å². The molecule has 3 aromatic carbocycles. The van der Waals surface area contributed by atoms with Gasteiger partial charge in [0.25, 0.3) is 0 Å². The summed E-state index contributed by atoms with van der Waals surface area (Å²) in [7, 11) is 9.70. The van der Waals surface area contributed by atoms with Crippen LogP contribution in [0.5, 0.6) is 40.2 Å². The third-order valence-electron chi connectivity index (χ3n) is 9.81. The second kappa shape index (κ2) is 22.2. The quantitative estimate of drug-likeness (QED) is 0.0952. The number of nitrogens with zero attached hydrogens (tertiary/aromatic N) is 4. The number of likely N-dealkylation sites (tertiary alicyclic amines) is 1. The number of anilines is 1. The van der Waals surface area contributed by atoms with Gasteiger partial charge in [-0.1, -0.05) is 0 Å². The van der Waals surface area contributed by atoms with Gasteiger partial charge in [-0.15, -0.1) is 37.2 Å². The van der Waals surface area contributed by atoms with Gasteiger partial charge in [0.15, 0.2) is 23.0 Å². The fourth-order valence-electron chi connectivity index (χ4n) is 7.09. The molecular formula is C43H53Cl3N4O7. The first-order valence-electron chi connectivity index (χ1n) is 18.1. The lowest BCUT2D eigenvalue weighted by atomic mass is 10.00. The molecule has 1 fully saturated rings. The first kappa shape index (κ1) is 46.6. The second-order valence-electron chi connectivity index (χ2n) is 13.0. The van der Waals surface area contributed by atoms with E-state index in [1.807, 2.05) is 43.6 Å². The molecule has 5 aromatic rings. The highest BCUT2D eigenvalue weighted by atomic mass is 35.5. The Labute approximate surface area is 354 Å². The Morgan fingerprint density at radius 2 is 1.05 bits per heavy atom. The topological polar surface area (TPSA) is 96.9 Å². The lowest BCUT2D eigenvalue weighted by Crippen LogP contribution is -2.44. The molecule has 0 N–H and O–H groups in total. The Morgan fingerprint density at radius 3 is 1.49 bits per heavy atom. The zero-order valence-corrected chi connectivity index (χ0v) is 35.9. The number of ether oxygens (including phenoxy) is 7. The Bertz CT molecular complexity index is 1960. The Kier molecular flexibility index (Phi) is 18.1. The van der Waals surface area contributed by atoms with Crippen LogP contribution in [0, 0.1) is 0 Å². The second-order valence-corrected chi connectivity index (χ2v) is 13.0. The van der Waals surface area contributed by atoms with Crippen LogP contribution < -0.4 is 38.1 Å². The Balaban J connectivity index is 0.00000290. The van der Waals surface area contributed by atoms with Crippen LogP contribution >= 0.6 is 37.2 Å².